The van der Waals surface area contributed by atoms with Crippen LogP contribution in [0.3, 0.4) is 0 Å². The average Bonchev–Trinajstić information content (AvgIpc) is 2.70. The van der Waals surface area contributed by atoms with Crippen molar-refractivity contribution in [3.8, 4) is 0 Å². The Morgan fingerprint density at radius 3 is 2.94 bits per heavy atom. The van der Waals surface area contributed by atoms with Gasteiger partial charge in [0.2, 0.25) is 0 Å². The smallest absolute Gasteiger partial charge is 0.287 e. The zero-order chi connectivity index (χ0) is 11.8. The molecule has 0 bridgehead atoms. The van der Waals surface area contributed by atoms with Crippen LogP contribution in [-0.4, -0.2) is 25.7 Å². The maximum Gasteiger partial charge on any atom is 0.287 e. The highest BCUT2D eigenvalue weighted by Gasteiger charge is 2.08. The van der Waals surface area contributed by atoms with Gasteiger partial charge in [-0.1, -0.05) is 6.92 Å². The van der Waals surface area contributed by atoms with Crippen LogP contribution in [0, 0.1) is 0 Å². The lowest BCUT2D eigenvalue weighted by atomic mass is 10.4. The molecule has 0 aliphatic heterocycles. The molecule has 0 aliphatic carbocycles. The second-order valence-electron chi connectivity index (χ2n) is 3.33. The molecule has 1 aromatic heterocycles. The fraction of sp³-hybridized carbons (Fsp3) is 0.545. The molecule has 0 fully saturated rings. The average molecular weight is 246 g/mol. The molecule has 0 saturated carbocycles. The van der Waals surface area contributed by atoms with Gasteiger partial charge in [0.1, 0.15) is 0 Å². The van der Waals surface area contributed by atoms with Gasteiger partial charge < -0.3 is 14.5 Å². The molecule has 16 heavy (non-hydrogen) atoms. The Balaban J connectivity index is 2.11. The number of furan rings is 1. The summed E-state index contributed by atoms with van der Waals surface area (Å²) in [4.78, 5) is 11.4. The molecule has 0 aliphatic rings. The second-order valence-corrected chi connectivity index (χ2v) is 3.70. The summed E-state index contributed by atoms with van der Waals surface area (Å²) < 4.78 is 10.2. The van der Waals surface area contributed by atoms with E-state index in [2.05, 4.69) is 12.2 Å². The largest absolute Gasteiger partial charge is 0.440 e. The molecule has 1 rings (SSSR count). The molecule has 0 atom stereocenters. The fourth-order valence-electron chi connectivity index (χ4n) is 1.15. The Hall–Kier alpha value is -1.00. The molecule has 4 nitrogen and oxygen atoms in total. The first-order valence-corrected chi connectivity index (χ1v) is 5.73. The van der Waals surface area contributed by atoms with E-state index in [0.717, 1.165) is 19.4 Å². The predicted octanol–water partition coefficient (Wildman–Crippen LogP) is 2.48. The first-order valence-electron chi connectivity index (χ1n) is 5.35. The van der Waals surface area contributed by atoms with Crippen molar-refractivity contribution < 1.29 is 13.9 Å². The minimum Gasteiger partial charge on any atom is -0.440 e. The number of nitrogens with one attached hydrogen (secondary N) is 1. The molecule has 1 aromatic rings. The lowest BCUT2D eigenvalue weighted by molar-refractivity contribution is 0.0914. The van der Waals surface area contributed by atoms with Crippen molar-refractivity contribution in [1.82, 2.24) is 5.32 Å². The van der Waals surface area contributed by atoms with E-state index < -0.39 is 0 Å². The van der Waals surface area contributed by atoms with Crippen molar-refractivity contribution in [1.29, 1.82) is 0 Å². The third-order valence-corrected chi connectivity index (χ3v) is 2.10. The summed E-state index contributed by atoms with van der Waals surface area (Å²) in [6, 6.07) is 3.09. The van der Waals surface area contributed by atoms with Gasteiger partial charge >= 0.3 is 0 Å². The lowest BCUT2D eigenvalue weighted by Gasteiger charge is -2.03. The highest BCUT2D eigenvalue weighted by atomic mass is 35.5. The molecule has 90 valence electrons. The number of carbonyl (C=O) groups excluding carboxylic acids is 1. The van der Waals surface area contributed by atoms with Crippen molar-refractivity contribution in [2.24, 2.45) is 0 Å². The number of rotatable bonds is 7. The Morgan fingerprint density at radius 1 is 1.50 bits per heavy atom. The van der Waals surface area contributed by atoms with Crippen LogP contribution in [0.4, 0.5) is 0 Å². The predicted molar refractivity (Wildman–Crippen MR) is 61.8 cm³/mol. The van der Waals surface area contributed by atoms with E-state index >= 15 is 0 Å². The van der Waals surface area contributed by atoms with Crippen LogP contribution in [-0.2, 0) is 4.74 Å². The van der Waals surface area contributed by atoms with Crippen molar-refractivity contribution in [3.05, 3.63) is 23.1 Å². The third-order valence-electron chi connectivity index (χ3n) is 1.90. The van der Waals surface area contributed by atoms with Gasteiger partial charge in [0.15, 0.2) is 11.0 Å². The monoisotopic (exact) mass is 245 g/mol. The molecule has 0 unspecified atom stereocenters. The SMILES string of the molecule is CCCOCCCNC(=O)c1ccc(Cl)o1. The number of amides is 1. The van der Waals surface area contributed by atoms with E-state index in [1.54, 1.807) is 12.1 Å². The zero-order valence-corrected chi connectivity index (χ0v) is 10.0. The van der Waals surface area contributed by atoms with E-state index in [1.165, 1.54) is 0 Å². The standard InChI is InChI=1S/C11H16ClNO3/c1-2-7-15-8-3-6-13-11(14)9-4-5-10(12)16-9/h4-5H,2-3,6-8H2,1H3,(H,13,14). The molecule has 0 spiro atoms. The van der Waals surface area contributed by atoms with Crippen LogP contribution in [0.1, 0.15) is 30.3 Å². The van der Waals surface area contributed by atoms with E-state index in [9.17, 15) is 4.79 Å². The van der Waals surface area contributed by atoms with Gasteiger partial charge in [-0.05, 0) is 36.6 Å². The van der Waals surface area contributed by atoms with Crippen LogP contribution < -0.4 is 5.32 Å². The normalized spacial score (nSPS) is 10.4. The van der Waals surface area contributed by atoms with Crippen molar-refractivity contribution in [2.45, 2.75) is 19.8 Å². The molecular formula is C11H16ClNO3. The third kappa shape index (κ3) is 4.68. The van der Waals surface area contributed by atoms with E-state index in [0.29, 0.717) is 13.2 Å². The van der Waals surface area contributed by atoms with Crippen molar-refractivity contribution >= 4 is 17.5 Å². The maximum atomic E-state index is 11.4. The maximum absolute atomic E-state index is 11.4. The minimum atomic E-state index is -0.248. The van der Waals surface area contributed by atoms with Crippen LogP contribution >= 0.6 is 11.6 Å². The quantitative estimate of drug-likeness (QED) is 0.751. The summed E-state index contributed by atoms with van der Waals surface area (Å²) in [5, 5.41) is 2.94. The topological polar surface area (TPSA) is 51.5 Å². The number of carbonyl (C=O) groups is 1. The van der Waals surface area contributed by atoms with Crippen LogP contribution in [0.25, 0.3) is 0 Å². The minimum absolute atomic E-state index is 0.219. The first-order chi connectivity index (χ1) is 7.74. The number of halogens is 1. The van der Waals surface area contributed by atoms with Gasteiger partial charge in [-0.15, -0.1) is 0 Å². The summed E-state index contributed by atoms with van der Waals surface area (Å²) in [7, 11) is 0. The molecule has 1 heterocycles. The molecule has 1 N–H and O–H groups in total. The summed E-state index contributed by atoms with van der Waals surface area (Å²) in [5.74, 6) is -0.0122. The molecule has 0 radical (unpaired) electrons. The zero-order valence-electron chi connectivity index (χ0n) is 9.29. The van der Waals surface area contributed by atoms with E-state index in [1.807, 2.05) is 0 Å². The number of hydrogen-bond acceptors (Lipinski definition) is 3. The Labute approximate surface area is 99.9 Å². The van der Waals surface area contributed by atoms with Gasteiger partial charge in [0.25, 0.3) is 5.91 Å². The molecule has 5 heteroatoms. The summed E-state index contributed by atoms with van der Waals surface area (Å²) in [6.45, 7) is 4.05. The highest BCUT2D eigenvalue weighted by molar-refractivity contribution is 6.29. The van der Waals surface area contributed by atoms with Crippen molar-refractivity contribution in [3.63, 3.8) is 0 Å². The summed E-state index contributed by atoms with van der Waals surface area (Å²) in [6.07, 6.45) is 1.80. The molecule has 0 aromatic carbocycles. The Morgan fingerprint density at radius 2 is 2.31 bits per heavy atom. The van der Waals surface area contributed by atoms with Gasteiger partial charge in [0.05, 0.1) is 0 Å². The van der Waals surface area contributed by atoms with Crippen LogP contribution in [0.5, 0.6) is 0 Å². The Bertz CT molecular complexity index is 325. The Kier molecular flexibility index (Phi) is 5.96. The van der Waals surface area contributed by atoms with Gasteiger partial charge in [-0.25, -0.2) is 0 Å². The van der Waals surface area contributed by atoms with Gasteiger partial charge in [-0.3, -0.25) is 4.79 Å². The highest BCUT2D eigenvalue weighted by Crippen LogP contribution is 2.12. The summed E-state index contributed by atoms with van der Waals surface area (Å²) in [5.41, 5.74) is 0. The molecule has 0 saturated heterocycles. The first kappa shape index (κ1) is 13.1. The fourth-order valence-corrected chi connectivity index (χ4v) is 1.29. The lowest BCUT2D eigenvalue weighted by Crippen LogP contribution is -2.24. The van der Waals surface area contributed by atoms with Gasteiger partial charge in [0, 0.05) is 19.8 Å². The van der Waals surface area contributed by atoms with Gasteiger partial charge in [-0.2, -0.15) is 0 Å². The summed E-state index contributed by atoms with van der Waals surface area (Å²) >= 11 is 5.56. The van der Waals surface area contributed by atoms with Crippen LogP contribution in [0.15, 0.2) is 16.5 Å². The molecule has 1 amide bonds. The van der Waals surface area contributed by atoms with Crippen molar-refractivity contribution in [2.75, 3.05) is 19.8 Å². The van der Waals surface area contributed by atoms with Crippen LogP contribution in [0.2, 0.25) is 5.22 Å². The second kappa shape index (κ2) is 7.30. The molecular weight excluding hydrogens is 230 g/mol. The van der Waals surface area contributed by atoms with E-state index in [4.69, 9.17) is 20.8 Å². The van der Waals surface area contributed by atoms with E-state index in [-0.39, 0.29) is 16.9 Å². The number of ether oxygens (including phenoxy) is 1. The number of hydrogen-bond donors (Lipinski definition) is 1.